The first kappa shape index (κ1) is 22.8. The van der Waals surface area contributed by atoms with Crippen molar-refractivity contribution >= 4 is 17.4 Å². The van der Waals surface area contributed by atoms with Gasteiger partial charge in [-0.15, -0.1) is 0 Å². The molecule has 0 radical (unpaired) electrons. The molecule has 0 bridgehead atoms. The van der Waals surface area contributed by atoms with Crippen molar-refractivity contribution in [3.8, 4) is 5.75 Å². The Kier molecular flexibility index (Phi) is 7.44. The number of piperidine rings is 1. The lowest BCUT2D eigenvalue weighted by Crippen LogP contribution is -2.45. The van der Waals surface area contributed by atoms with E-state index < -0.39 is 0 Å². The minimum atomic E-state index is -0.242. The summed E-state index contributed by atoms with van der Waals surface area (Å²) in [6, 6.07) is 7.38. The fraction of sp³-hybridized carbons (Fsp3) is 0.583. The molecule has 4 rings (SSSR count). The van der Waals surface area contributed by atoms with Gasteiger partial charge in [-0.1, -0.05) is 12.1 Å². The van der Waals surface area contributed by atoms with Crippen molar-refractivity contribution in [2.24, 2.45) is 5.92 Å². The van der Waals surface area contributed by atoms with Crippen LogP contribution < -0.4 is 4.74 Å². The maximum Gasteiger partial charge on any atom is 0.277 e. The molecule has 0 saturated carbocycles. The maximum atomic E-state index is 13.5. The van der Waals surface area contributed by atoms with Gasteiger partial charge in [0.05, 0.1) is 25.4 Å². The largest absolute Gasteiger partial charge is 0.494 e. The SMILES string of the molecule is CCOc1ccc(C2=C(N3CCCC(CO)C3)C(=O)N(CCN3CCOCC3)C2=O)cc1. The summed E-state index contributed by atoms with van der Waals surface area (Å²) in [7, 11) is 0. The zero-order valence-corrected chi connectivity index (χ0v) is 18.8. The predicted molar refractivity (Wildman–Crippen MR) is 120 cm³/mol. The molecule has 2 saturated heterocycles. The van der Waals surface area contributed by atoms with E-state index in [0.29, 0.717) is 57.3 Å². The van der Waals surface area contributed by atoms with Crippen molar-refractivity contribution in [2.45, 2.75) is 19.8 Å². The lowest BCUT2D eigenvalue weighted by atomic mass is 9.97. The van der Waals surface area contributed by atoms with Crippen molar-refractivity contribution in [3.63, 3.8) is 0 Å². The van der Waals surface area contributed by atoms with Gasteiger partial charge in [0.15, 0.2) is 0 Å². The van der Waals surface area contributed by atoms with Gasteiger partial charge in [0.25, 0.3) is 11.8 Å². The molecule has 2 fully saturated rings. The van der Waals surface area contributed by atoms with Crippen molar-refractivity contribution in [1.82, 2.24) is 14.7 Å². The zero-order valence-electron chi connectivity index (χ0n) is 18.8. The highest BCUT2D eigenvalue weighted by Crippen LogP contribution is 2.34. The summed E-state index contributed by atoms with van der Waals surface area (Å²) in [6.07, 6.45) is 1.82. The Morgan fingerprint density at radius 3 is 2.50 bits per heavy atom. The summed E-state index contributed by atoms with van der Waals surface area (Å²) in [4.78, 5) is 32.6. The average Bonchev–Trinajstić information content (AvgIpc) is 3.08. The molecule has 2 amide bonds. The van der Waals surface area contributed by atoms with Gasteiger partial charge in [-0.2, -0.15) is 0 Å². The average molecular weight is 444 g/mol. The summed E-state index contributed by atoms with van der Waals surface area (Å²) in [5, 5.41) is 9.68. The van der Waals surface area contributed by atoms with E-state index in [9.17, 15) is 14.7 Å². The Morgan fingerprint density at radius 2 is 1.81 bits per heavy atom. The molecule has 3 aliphatic heterocycles. The third-order valence-corrected chi connectivity index (χ3v) is 6.43. The maximum absolute atomic E-state index is 13.5. The van der Waals surface area contributed by atoms with Crippen LogP contribution in [0.15, 0.2) is 30.0 Å². The molecule has 1 aromatic carbocycles. The number of carbonyl (C=O) groups is 2. The number of imide groups is 1. The fourth-order valence-electron chi connectivity index (χ4n) is 4.69. The number of aliphatic hydroxyl groups excluding tert-OH is 1. The summed E-state index contributed by atoms with van der Waals surface area (Å²) in [5.41, 5.74) is 1.65. The fourth-order valence-corrected chi connectivity index (χ4v) is 4.69. The van der Waals surface area contributed by atoms with Gasteiger partial charge in [-0.25, -0.2) is 0 Å². The van der Waals surface area contributed by atoms with Crippen LogP contribution >= 0.6 is 0 Å². The topological polar surface area (TPSA) is 82.6 Å². The number of hydrogen-bond donors (Lipinski definition) is 1. The number of morpholine rings is 1. The van der Waals surface area contributed by atoms with E-state index in [2.05, 4.69) is 4.90 Å². The molecule has 32 heavy (non-hydrogen) atoms. The highest BCUT2D eigenvalue weighted by Gasteiger charge is 2.42. The molecule has 8 nitrogen and oxygen atoms in total. The van der Waals surface area contributed by atoms with Crippen LogP contribution in [0, 0.1) is 5.92 Å². The van der Waals surface area contributed by atoms with Crippen molar-refractivity contribution in [1.29, 1.82) is 0 Å². The second-order valence-electron chi connectivity index (χ2n) is 8.53. The van der Waals surface area contributed by atoms with E-state index in [1.165, 1.54) is 4.90 Å². The summed E-state index contributed by atoms with van der Waals surface area (Å²) in [5.74, 6) is 0.375. The molecular formula is C24H33N3O5. The normalized spacial score (nSPS) is 22.8. The second-order valence-corrected chi connectivity index (χ2v) is 8.53. The standard InChI is InChI=1S/C24H33N3O5/c1-2-32-20-7-5-19(6-8-20)21-22(26-9-3-4-18(16-26)17-28)24(30)27(23(21)29)11-10-25-12-14-31-15-13-25/h5-8,18,28H,2-4,9-17H2,1H3. The summed E-state index contributed by atoms with van der Waals surface area (Å²) in [6.45, 7) is 7.86. The first-order valence-corrected chi connectivity index (χ1v) is 11.6. The van der Waals surface area contributed by atoms with Crippen LogP contribution in [0.5, 0.6) is 5.75 Å². The number of amides is 2. The molecule has 1 atom stereocenters. The molecule has 0 aromatic heterocycles. The molecule has 3 aliphatic rings. The van der Waals surface area contributed by atoms with Gasteiger partial charge in [0, 0.05) is 45.9 Å². The highest BCUT2D eigenvalue weighted by molar-refractivity contribution is 6.35. The van der Waals surface area contributed by atoms with Crippen LogP contribution in [-0.2, 0) is 14.3 Å². The number of likely N-dealkylation sites (tertiary alicyclic amines) is 1. The van der Waals surface area contributed by atoms with Gasteiger partial charge in [-0.05, 0) is 43.4 Å². The van der Waals surface area contributed by atoms with E-state index in [0.717, 1.165) is 37.2 Å². The summed E-state index contributed by atoms with van der Waals surface area (Å²) < 4.78 is 10.9. The Hall–Kier alpha value is -2.42. The van der Waals surface area contributed by atoms with Gasteiger partial charge in [0.1, 0.15) is 11.4 Å². The Bertz CT molecular complexity index is 848. The minimum absolute atomic E-state index is 0.0883. The first-order valence-electron chi connectivity index (χ1n) is 11.6. The molecule has 1 unspecified atom stereocenters. The molecule has 0 spiro atoms. The first-order chi connectivity index (χ1) is 15.6. The lowest BCUT2D eigenvalue weighted by molar-refractivity contribution is -0.138. The van der Waals surface area contributed by atoms with Crippen molar-refractivity contribution in [2.75, 3.05) is 65.7 Å². The van der Waals surface area contributed by atoms with Crippen LogP contribution in [0.2, 0.25) is 0 Å². The molecule has 0 aliphatic carbocycles. The van der Waals surface area contributed by atoms with Gasteiger partial charge >= 0.3 is 0 Å². The Labute approximate surface area is 189 Å². The van der Waals surface area contributed by atoms with Crippen LogP contribution in [0.3, 0.4) is 0 Å². The quantitative estimate of drug-likeness (QED) is 0.605. The molecule has 1 aromatic rings. The monoisotopic (exact) mass is 443 g/mol. The van der Waals surface area contributed by atoms with E-state index in [1.807, 2.05) is 36.1 Å². The third kappa shape index (κ3) is 4.82. The van der Waals surface area contributed by atoms with E-state index in [-0.39, 0.29) is 24.3 Å². The van der Waals surface area contributed by atoms with E-state index in [4.69, 9.17) is 9.47 Å². The van der Waals surface area contributed by atoms with Crippen molar-refractivity contribution in [3.05, 3.63) is 35.5 Å². The van der Waals surface area contributed by atoms with Gasteiger partial charge in [-0.3, -0.25) is 19.4 Å². The molecular weight excluding hydrogens is 410 g/mol. The van der Waals surface area contributed by atoms with Gasteiger partial charge < -0.3 is 19.5 Å². The van der Waals surface area contributed by atoms with Crippen molar-refractivity contribution < 1.29 is 24.2 Å². The van der Waals surface area contributed by atoms with Crippen LogP contribution in [0.1, 0.15) is 25.3 Å². The predicted octanol–water partition coefficient (Wildman–Crippen LogP) is 1.20. The molecule has 8 heteroatoms. The number of carbonyl (C=O) groups excluding carboxylic acids is 2. The van der Waals surface area contributed by atoms with E-state index >= 15 is 0 Å². The number of aliphatic hydroxyl groups is 1. The number of ether oxygens (including phenoxy) is 2. The summed E-state index contributed by atoms with van der Waals surface area (Å²) >= 11 is 0. The Balaban J connectivity index is 1.61. The molecule has 1 N–H and O–H groups in total. The lowest BCUT2D eigenvalue weighted by Gasteiger charge is -2.34. The van der Waals surface area contributed by atoms with Crippen LogP contribution in [0.4, 0.5) is 0 Å². The van der Waals surface area contributed by atoms with Crippen LogP contribution in [-0.4, -0.2) is 97.3 Å². The minimum Gasteiger partial charge on any atom is -0.494 e. The second kappa shape index (κ2) is 10.5. The van der Waals surface area contributed by atoms with Gasteiger partial charge in [0.2, 0.25) is 0 Å². The number of benzene rings is 1. The molecule has 3 heterocycles. The number of rotatable bonds is 8. The van der Waals surface area contributed by atoms with Crippen LogP contribution in [0.25, 0.3) is 5.57 Å². The molecule has 174 valence electrons. The number of hydrogen-bond acceptors (Lipinski definition) is 7. The van der Waals surface area contributed by atoms with E-state index in [1.54, 1.807) is 0 Å². The third-order valence-electron chi connectivity index (χ3n) is 6.43. The smallest absolute Gasteiger partial charge is 0.277 e. The number of nitrogens with zero attached hydrogens (tertiary/aromatic N) is 3. The highest BCUT2D eigenvalue weighted by atomic mass is 16.5. The Morgan fingerprint density at radius 1 is 1.06 bits per heavy atom. The zero-order chi connectivity index (χ0) is 22.5.